The van der Waals surface area contributed by atoms with E-state index in [0.717, 1.165) is 64.0 Å². The highest BCUT2D eigenvalue weighted by molar-refractivity contribution is 7.59. The van der Waals surface area contributed by atoms with Crippen molar-refractivity contribution in [1.82, 2.24) is 20.4 Å². The van der Waals surface area contributed by atoms with Crippen LogP contribution in [0.2, 0.25) is 12.1 Å². The summed E-state index contributed by atoms with van der Waals surface area (Å²) in [5.41, 5.74) is -1.17. The van der Waals surface area contributed by atoms with Gasteiger partial charge in [-0.25, -0.2) is 19.2 Å². The first-order chi connectivity index (χ1) is 29.8. The Hall–Kier alpha value is -1.71. The fraction of sp³-hybridized carbons (Fsp3) is 0.907. The normalized spacial score (nSPS) is 23.8. The number of likely N-dealkylation sites (tertiary alicyclic amines) is 2. The van der Waals surface area contributed by atoms with Gasteiger partial charge in [0.1, 0.15) is 23.3 Å². The summed E-state index contributed by atoms with van der Waals surface area (Å²) in [6.45, 7) is 27.4. The van der Waals surface area contributed by atoms with Gasteiger partial charge in [0.25, 0.3) is 0 Å². The van der Waals surface area contributed by atoms with E-state index in [9.17, 15) is 19.2 Å². The Bertz CT molecular complexity index is 1390. The van der Waals surface area contributed by atoms with Crippen molar-refractivity contribution in [2.75, 3.05) is 72.3 Å². The van der Waals surface area contributed by atoms with Crippen molar-refractivity contribution < 1.29 is 64.7 Å². The molecule has 2 amide bonds. The van der Waals surface area contributed by atoms with Gasteiger partial charge in [0.15, 0.2) is 0 Å². The molecular weight excluding hydrogens is 917 g/mol. The molecule has 0 aromatic heterocycles. The quantitative estimate of drug-likeness (QED) is 0.0493. The molecule has 0 radical (unpaired) electrons. The average Bonchev–Trinajstić information content (AvgIpc) is 4.00. The van der Waals surface area contributed by atoms with Crippen LogP contribution in [0.5, 0.6) is 0 Å². The molecule has 4 aliphatic heterocycles. The smallest absolute Gasteiger partial charge is 0.464 e. The van der Waals surface area contributed by atoms with E-state index in [-0.39, 0.29) is 57.2 Å². The van der Waals surface area contributed by atoms with Gasteiger partial charge in [-0.05, 0) is 154 Å². The van der Waals surface area contributed by atoms with Crippen LogP contribution < -0.4 is 10.6 Å². The van der Waals surface area contributed by atoms with E-state index in [1.807, 2.05) is 62.3 Å². The lowest BCUT2D eigenvalue weighted by atomic mass is 10.1. The number of carbonyl (C=O) groups is 4. The molecule has 2 N–H and O–H groups in total. The molecule has 4 rings (SSSR count). The highest BCUT2D eigenvalue weighted by Crippen LogP contribution is 2.40. The molecule has 0 spiro atoms. The third-order valence-electron chi connectivity index (χ3n) is 10.5. The van der Waals surface area contributed by atoms with Crippen molar-refractivity contribution >= 4 is 68.7 Å². The van der Waals surface area contributed by atoms with Crippen LogP contribution in [0.3, 0.4) is 0 Å². The highest BCUT2D eigenvalue weighted by atomic mass is 32.1. The number of carbonyl (C=O) groups excluding carboxylic acids is 4. The molecule has 4 fully saturated rings. The molecule has 22 heteroatoms. The van der Waals surface area contributed by atoms with Crippen LogP contribution in [0.4, 0.5) is 9.59 Å². The molecule has 4 atom stereocenters. The van der Waals surface area contributed by atoms with Crippen molar-refractivity contribution in [3.8, 4) is 0 Å². The number of hydrogen-bond acceptors (Lipinski definition) is 16. The summed E-state index contributed by atoms with van der Waals surface area (Å²) in [7, 11) is -5.03. The number of esters is 2. The summed E-state index contributed by atoms with van der Waals surface area (Å²) < 4.78 is 57.1. The van der Waals surface area contributed by atoms with Gasteiger partial charge in [0.05, 0.1) is 31.5 Å². The van der Waals surface area contributed by atoms with E-state index in [0.29, 0.717) is 71.8 Å². The fourth-order valence-electron chi connectivity index (χ4n) is 7.89. The molecule has 0 aromatic carbocycles. The van der Waals surface area contributed by atoms with Gasteiger partial charge >= 0.3 is 41.7 Å². The van der Waals surface area contributed by atoms with Crippen LogP contribution in [-0.2, 0) is 55.1 Å². The Morgan fingerprint density at radius 1 is 0.631 bits per heavy atom. The molecule has 4 aliphatic rings. The molecule has 4 heterocycles. The number of nitrogens with one attached hydrogen (secondary N) is 2. The van der Waals surface area contributed by atoms with Crippen LogP contribution in [0.1, 0.15) is 128 Å². The Morgan fingerprint density at radius 3 is 1.42 bits per heavy atom. The number of amides is 2. The summed E-state index contributed by atoms with van der Waals surface area (Å²) in [4.78, 5) is 52.4. The largest absolute Gasteiger partial charge is 0.502 e. The zero-order chi connectivity index (χ0) is 46.7. The van der Waals surface area contributed by atoms with Crippen LogP contribution in [0.15, 0.2) is 0 Å². The fourth-order valence-corrected chi connectivity index (χ4v) is 13.8. The molecule has 382 valence electrons. The Morgan fingerprint density at radius 2 is 1.03 bits per heavy atom. The maximum atomic E-state index is 12.4. The monoisotopic (exact) mass is 1000 g/mol. The van der Waals surface area contributed by atoms with Crippen LogP contribution in [-0.4, -0.2) is 165 Å². The zero-order valence-electron chi connectivity index (χ0n) is 41.3. The second kappa shape index (κ2) is 30.0. The van der Waals surface area contributed by atoms with Crippen molar-refractivity contribution in [2.24, 2.45) is 0 Å². The maximum absolute atomic E-state index is 12.4. The Balaban J connectivity index is 0.000000631. The van der Waals surface area contributed by atoms with Crippen molar-refractivity contribution in [3.05, 3.63) is 0 Å². The van der Waals surface area contributed by atoms with E-state index < -0.39 is 53.1 Å². The molecule has 4 saturated heterocycles. The third kappa shape index (κ3) is 21.2. The second-order valence-corrected chi connectivity index (χ2v) is 23.6. The van der Waals surface area contributed by atoms with Crippen LogP contribution in [0, 0.1) is 0 Å². The summed E-state index contributed by atoms with van der Waals surface area (Å²) in [5.74, 6) is -0.700. The Labute approximate surface area is 405 Å². The predicted octanol–water partition coefficient (Wildman–Crippen LogP) is 6.03. The third-order valence-corrected chi connectivity index (χ3v) is 16.7. The first-order valence-corrected chi connectivity index (χ1v) is 27.3. The SMILES string of the molecule is CC1O[Si]2(CCCNCCCOC(=O)[C@@H]3CCCN3C(=O)OC(C)(C)C)OC(C)C1O2.CCO[Si](CCCNCCCOC(=O)[C@@H]1CCCN1C(=O)OC(C)(C)C)(OCC)OCC.S.S. The topological polar surface area (TPSA) is 191 Å². The number of ether oxygens (including phenoxy) is 4. The molecule has 65 heavy (non-hydrogen) atoms. The van der Waals surface area contributed by atoms with E-state index in [1.165, 1.54) is 9.80 Å². The van der Waals surface area contributed by atoms with Gasteiger partial charge in [0.2, 0.25) is 0 Å². The van der Waals surface area contributed by atoms with Crippen molar-refractivity contribution in [3.63, 3.8) is 0 Å². The Kier molecular flexibility index (Phi) is 28.3. The van der Waals surface area contributed by atoms with Gasteiger partial charge in [-0.15, -0.1) is 0 Å². The first kappa shape index (κ1) is 61.3. The number of rotatable bonds is 24. The molecule has 2 unspecified atom stereocenters. The van der Waals surface area contributed by atoms with Gasteiger partial charge in [-0.2, -0.15) is 27.0 Å². The number of hydrogen-bond donors (Lipinski definition) is 2. The number of nitrogens with zero attached hydrogens (tertiary/aromatic N) is 2. The first-order valence-electron chi connectivity index (χ1n) is 23.5. The summed E-state index contributed by atoms with van der Waals surface area (Å²) in [6, 6.07) is 0.500. The van der Waals surface area contributed by atoms with E-state index in [4.69, 9.17) is 45.5 Å². The summed E-state index contributed by atoms with van der Waals surface area (Å²) >= 11 is 0. The predicted molar refractivity (Wildman–Crippen MR) is 261 cm³/mol. The van der Waals surface area contributed by atoms with Crippen molar-refractivity contribution in [1.29, 1.82) is 0 Å². The van der Waals surface area contributed by atoms with Gasteiger partial charge in [-0.3, -0.25) is 9.80 Å². The lowest BCUT2D eigenvalue weighted by Gasteiger charge is -2.28. The molecular formula is C43H86N4O14S2Si2. The van der Waals surface area contributed by atoms with Gasteiger partial charge < -0.3 is 56.1 Å². The minimum Gasteiger partial charge on any atom is -0.464 e. The lowest BCUT2D eigenvalue weighted by Crippen LogP contribution is -2.46. The van der Waals surface area contributed by atoms with Gasteiger partial charge in [0, 0.05) is 45.0 Å². The summed E-state index contributed by atoms with van der Waals surface area (Å²) in [6.07, 6.45) is 5.45. The van der Waals surface area contributed by atoms with E-state index in [2.05, 4.69) is 24.5 Å². The lowest BCUT2D eigenvalue weighted by molar-refractivity contribution is -0.149. The molecule has 0 aliphatic carbocycles. The zero-order valence-corrected chi connectivity index (χ0v) is 45.3. The molecule has 0 aromatic rings. The molecule has 0 saturated carbocycles. The average molecular weight is 1000 g/mol. The van der Waals surface area contributed by atoms with Crippen LogP contribution >= 0.6 is 27.0 Å². The molecule has 18 nitrogen and oxygen atoms in total. The minimum atomic E-state index is -2.58. The maximum Gasteiger partial charge on any atom is 0.502 e. The van der Waals surface area contributed by atoms with E-state index in [1.54, 1.807) is 0 Å². The highest BCUT2D eigenvalue weighted by Gasteiger charge is 2.60. The molecule has 2 bridgehead atoms. The summed E-state index contributed by atoms with van der Waals surface area (Å²) in [5, 5.41) is 6.72. The van der Waals surface area contributed by atoms with E-state index >= 15 is 0 Å². The standard InChI is InChI=1S/C22H44N2O7Si.C21H38N2O7Si.2H2S/c1-7-28-32(29-8-2,30-9-3)18-12-15-23-14-11-17-27-20(25)19-13-10-16-24(19)21(26)31-22(4,5)6;1-15-18-16(2)29-31(28-15,30-18)14-8-11-22-10-7-13-26-19(24)17-9-6-12-23(17)20(25)27-21(3,4)5;;/h19,23H,7-18H2,1-6H3;15-18,22H,6-14H2,1-5H3;2*1H2/t19-;15?,16?,17-,18?,31?;;/m00../s1. The minimum absolute atomic E-state index is 0. The van der Waals surface area contributed by atoms with Crippen molar-refractivity contribution in [2.45, 2.75) is 181 Å². The number of fused-ring (bicyclic) bond motifs is 2. The van der Waals surface area contributed by atoms with Crippen LogP contribution in [0.25, 0.3) is 0 Å². The van der Waals surface area contributed by atoms with Gasteiger partial charge in [-0.1, -0.05) is 0 Å². The second-order valence-electron chi connectivity index (χ2n) is 18.3.